The number of nitrogens with one attached hydrogen (secondary N) is 1. The number of carbonyl (C=O) groups is 1. The lowest BCUT2D eigenvalue weighted by Crippen LogP contribution is -2.15. The molecule has 1 heterocycles. The van der Waals surface area contributed by atoms with Crippen molar-refractivity contribution in [3.63, 3.8) is 0 Å². The number of amides is 1. The van der Waals surface area contributed by atoms with Crippen LogP contribution in [-0.4, -0.2) is 26.4 Å². The van der Waals surface area contributed by atoms with Gasteiger partial charge < -0.3 is 5.32 Å². The van der Waals surface area contributed by atoms with Crippen LogP contribution in [0.4, 0.5) is 5.69 Å². The van der Waals surface area contributed by atoms with Gasteiger partial charge in [0, 0.05) is 5.69 Å². The summed E-state index contributed by atoms with van der Waals surface area (Å²) in [7, 11) is 0. The fraction of sp³-hybridized carbons (Fsp3) is 0.318. The van der Waals surface area contributed by atoms with Gasteiger partial charge in [0.05, 0.1) is 11.4 Å². The number of aryl methyl sites for hydroxylation is 5. The van der Waals surface area contributed by atoms with Crippen LogP contribution in [0.5, 0.6) is 0 Å². The first kappa shape index (κ1) is 18.7. The molecule has 0 spiro atoms. The Labute approximate surface area is 169 Å². The molecule has 6 heteroatoms. The molecule has 1 aromatic heterocycles. The molecule has 0 saturated heterocycles. The highest BCUT2D eigenvalue weighted by Gasteiger charge is 2.16. The number of nitrogens with zero attached hydrogens (tertiary/aromatic N) is 3. The van der Waals surface area contributed by atoms with Gasteiger partial charge in [-0.25, -0.2) is 0 Å². The van der Waals surface area contributed by atoms with Crippen LogP contribution < -0.4 is 5.32 Å². The number of anilines is 1. The zero-order valence-electron chi connectivity index (χ0n) is 16.5. The molecule has 1 N–H and O–H groups in total. The number of carbonyl (C=O) groups excluding carboxylic acids is 1. The van der Waals surface area contributed by atoms with E-state index in [9.17, 15) is 4.79 Å². The van der Waals surface area contributed by atoms with Crippen molar-refractivity contribution < 1.29 is 4.79 Å². The maximum absolute atomic E-state index is 12.5. The van der Waals surface area contributed by atoms with E-state index in [4.69, 9.17) is 0 Å². The molecule has 5 nitrogen and oxygen atoms in total. The molecular formula is C22H24N4OS. The Morgan fingerprint density at radius 1 is 1.07 bits per heavy atom. The van der Waals surface area contributed by atoms with Crippen molar-refractivity contribution in [3.05, 3.63) is 64.5 Å². The Hall–Kier alpha value is -2.60. The maximum Gasteiger partial charge on any atom is 0.234 e. The van der Waals surface area contributed by atoms with Gasteiger partial charge in [-0.15, -0.1) is 10.2 Å². The second-order valence-electron chi connectivity index (χ2n) is 7.33. The first-order chi connectivity index (χ1) is 13.5. The van der Waals surface area contributed by atoms with Gasteiger partial charge in [0.25, 0.3) is 0 Å². The van der Waals surface area contributed by atoms with Crippen molar-refractivity contribution in [1.82, 2.24) is 14.8 Å². The predicted molar refractivity (Wildman–Crippen MR) is 113 cm³/mol. The molecule has 1 aliphatic carbocycles. The minimum absolute atomic E-state index is 0.0314. The molecule has 0 atom stereocenters. The van der Waals surface area contributed by atoms with E-state index in [-0.39, 0.29) is 5.91 Å². The third kappa shape index (κ3) is 3.83. The normalized spacial score (nSPS) is 12.8. The summed E-state index contributed by atoms with van der Waals surface area (Å²) >= 11 is 1.41. The Morgan fingerprint density at radius 3 is 2.75 bits per heavy atom. The summed E-state index contributed by atoms with van der Waals surface area (Å²) in [4.78, 5) is 12.5. The number of aromatic nitrogens is 3. The van der Waals surface area contributed by atoms with Gasteiger partial charge in [0.15, 0.2) is 5.16 Å². The number of thioether (sulfide) groups is 1. The summed E-state index contributed by atoms with van der Waals surface area (Å²) in [5.74, 6) is 1.08. The van der Waals surface area contributed by atoms with Gasteiger partial charge >= 0.3 is 0 Å². The molecule has 0 saturated carbocycles. The van der Waals surface area contributed by atoms with Crippen molar-refractivity contribution in [3.8, 4) is 5.69 Å². The quantitative estimate of drug-likeness (QED) is 0.653. The van der Waals surface area contributed by atoms with E-state index >= 15 is 0 Å². The molecule has 0 fully saturated rings. The lowest BCUT2D eigenvalue weighted by atomic mass is 10.1. The lowest BCUT2D eigenvalue weighted by molar-refractivity contribution is -0.113. The third-order valence-electron chi connectivity index (χ3n) is 5.12. The Bertz CT molecular complexity index is 1040. The van der Waals surface area contributed by atoms with Crippen molar-refractivity contribution in [2.24, 2.45) is 0 Å². The summed E-state index contributed by atoms with van der Waals surface area (Å²) in [5.41, 5.74) is 7.03. The monoisotopic (exact) mass is 392 g/mol. The smallest absolute Gasteiger partial charge is 0.234 e. The molecule has 0 bridgehead atoms. The molecule has 1 aliphatic rings. The molecule has 0 radical (unpaired) electrons. The van der Waals surface area contributed by atoms with Gasteiger partial charge in [-0.3, -0.25) is 9.36 Å². The minimum Gasteiger partial charge on any atom is -0.325 e. The van der Waals surface area contributed by atoms with E-state index in [0.29, 0.717) is 5.75 Å². The van der Waals surface area contributed by atoms with Crippen LogP contribution in [0.2, 0.25) is 0 Å². The number of hydrogen-bond acceptors (Lipinski definition) is 4. The van der Waals surface area contributed by atoms with E-state index in [1.54, 1.807) is 0 Å². The van der Waals surface area contributed by atoms with Gasteiger partial charge in [0.1, 0.15) is 5.82 Å². The van der Waals surface area contributed by atoms with E-state index in [1.807, 2.05) is 17.6 Å². The van der Waals surface area contributed by atoms with E-state index in [0.717, 1.165) is 40.8 Å². The van der Waals surface area contributed by atoms with Crippen LogP contribution in [0.25, 0.3) is 5.69 Å². The first-order valence-electron chi connectivity index (χ1n) is 9.55. The number of fused-ring (bicyclic) bond motifs is 1. The van der Waals surface area contributed by atoms with Gasteiger partial charge in [-0.1, -0.05) is 30.0 Å². The molecular weight excluding hydrogens is 368 g/mol. The van der Waals surface area contributed by atoms with E-state index in [1.165, 1.54) is 34.9 Å². The number of benzene rings is 2. The Balaban J connectivity index is 1.47. The average molecular weight is 393 g/mol. The van der Waals surface area contributed by atoms with Crippen LogP contribution in [0.15, 0.2) is 41.6 Å². The molecule has 0 aliphatic heterocycles. The third-order valence-corrected chi connectivity index (χ3v) is 6.04. The highest BCUT2D eigenvalue weighted by Crippen LogP contribution is 2.27. The molecule has 1 amide bonds. The van der Waals surface area contributed by atoms with Crippen molar-refractivity contribution in [2.45, 2.75) is 45.2 Å². The van der Waals surface area contributed by atoms with Crippen LogP contribution in [0.3, 0.4) is 0 Å². The highest BCUT2D eigenvalue weighted by atomic mass is 32.2. The van der Waals surface area contributed by atoms with Gasteiger partial charge in [-0.2, -0.15) is 0 Å². The second-order valence-corrected chi connectivity index (χ2v) is 8.27. The molecule has 28 heavy (non-hydrogen) atoms. The fourth-order valence-electron chi connectivity index (χ4n) is 3.65. The lowest BCUT2D eigenvalue weighted by Gasteiger charge is -2.12. The highest BCUT2D eigenvalue weighted by molar-refractivity contribution is 7.99. The fourth-order valence-corrected chi connectivity index (χ4v) is 4.44. The van der Waals surface area contributed by atoms with Crippen molar-refractivity contribution >= 4 is 23.4 Å². The van der Waals surface area contributed by atoms with Crippen LogP contribution in [-0.2, 0) is 17.6 Å². The molecule has 2 aromatic carbocycles. The molecule has 3 aromatic rings. The first-order valence-corrected chi connectivity index (χ1v) is 10.5. The summed E-state index contributed by atoms with van der Waals surface area (Å²) in [5, 5.41) is 12.3. The summed E-state index contributed by atoms with van der Waals surface area (Å²) in [6.07, 6.45) is 3.45. The molecule has 144 valence electrons. The summed E-state index contributed by atoms with van der Waals surface area (Å²) < 4.78 is 2.02. The van der Waals surface area contributed by atoms with Crippen molar-refractivity contribution in [2.75, 3.05) is 11.1 Å². The predicted octanol–water partition coefficient (Wildman–Crippen LogP) is 4.41. The number of rotatable bonds is 5. The molecule has 0 unspecified atom stereocenters. The standard InChI is InChI=1S/C22H24N4OS/c1-14-7-8-15(2)20(11-14)26-16(3)24-25-22(26)28-13-21(27)23-19-10-9-17-5-4-6-18(17)12-19/h7-12H,4-6,13H2,1-3H3,(H,23,27). The maximum atomic E-state index is 12.5. The minimum atomic E-state index is -0.0314. The topological polar surface area (TPSA) is 59.8 Å². The largest absolute Gasteiger partial charge is 0.325 e. The second kappa shape index (κ2) is 7.80. The van der Waals surface area contributed by atoms with E-state index in [2.05, 4.69) is 59.7 Å². The van der Waals surface area contributed by atoms with Crippen LogP contribution in [0, 0.1) is 20.8 Å². The van der Waals surface area contributed by atoms with Gasteiger partial charge in [-0.05, 0) is 80.5 Å². The molecule has 4 rings (SSSR count). The SMILES string of the molecule is Cc1ccc(C)c(-n2c(C)nnc2SCC(=O)Nc2ccc3c(c2)CCC3)c1. The summed E-state index contributed by atoms with van der Waals surface area (Å²) in [6, 6.07) is 12.5. The average Bonchev–Trinajstić information content (AvgIpc) is 3.28. The Morgan fingerprint density at radius 2 is 1.89 bits per heavy atom. The zero-order chi connectivity index (χ0) is 19.7. The van der Waals surface area contributed by atoms with Gasteiger partial charge in [0.2, 0.25) is 5.91 Å². The Kier molecular flexibility index (Phi) is 5.22. The zero-order valence-corrected chi connectivity index (χ0v) is 17.3. The van der Waals surface area contributed by atoms with Crippen LogP contribution >= 0.6 is 11.8 Å². The van der Waals surface area contributed by atoms with E-state index < -0.39 is 0 Å². The van der Waals surface area contributed by atoms with Crippen molar-refractivity contribution in [1.29, 1.82) is 0 Å². The summed E-state index contributed by atoms with van der Waals surface area (Å²) in [6.45, 7) is 6.08. The van der Waals surface area contributed by atoms with Crippen LogP contribution in [0.1, 0.15) is 34.5 Å². The number of hydrogen-bond donors (Lipinski definition) is 1.